The summed E-state index contributed by atoms with van der Waals surface area (Å²) in [5.41, 5.74) is 0.378. The molecule has 0 aliphatic carbocycles. The summed E-state index contributed by atoms with van der Waals surface area (Å²) in [5.74, 6) is -1.19. The van der Waals surface area contributed by atoms with Gasteiger partial charge in [-0.25, -0.2) is 13.8 Å². The number of aromatic amines is 1. The molecule has 0 atom stereocenters. The van der Waals surface area contributed by atoms with E-state index in [0.29, 0.717) is 17.3 Å². The van der Waals surface area contributed by atoms with Crippen molar-refractivity contribution in [2.24, 2.45) is 0 Å². The molecule has 21 heavy (non-hydrogen) atoms. The summed E-state index contributed by atoms with van der Waals surface area (Å²) < 4.78 is 27.7. The normalized spacial score (nSPS) is 10.9. The zero-order valence-electron chi connectivity index (χ0n) is 11.3. The van der Waals surface area contributed by atoms with Crippen LogP contribution >= 0.6 is 27.7 Å². The largest absolute Gasteiger partial charge is 0.301 e. The Morgan fingerprint density at radius 1 is 1.38 bits per heavy atom. The van der Waals surface area contributed by atoms with Crippen LogP contribution in [0.2, 0.25) is 0 Å². The summed E-state index contributed by atoms with van der Waals surface area (Å²) >= 11 is 4.12. The van der Waals surface area contributed by atoms with Gasteiger partial charge < -0.3 is 4.98 Å². The molecule has 0 radical (unpaired) electrons. The van der Waals surface area contributed by atoms with Gasteiger partial charge in [0, 0.05) is 23.1 Å². The molecular weight excluding hydrogens is 362 g/mol. The third kappa shape index (κ3) is 4.14. The van der Waals surface area contributed by atoms with Crippen LogP contribution in [0.15, 0.2) is 32.6 Å². The van der Waals surface area contributed by atoms with Crippen molar-refractivity contribution in [3.8, 4) is 0 Å². The van der Waals surface area contributed by atoms with Gasteiger partial charge in [-0.15, -0.1) is 0 Å². The zero-order valence-corrected chi connectivity index (χ0v) is 13.7. The number of H-pyrrole nitrogens is 1. The molecule has 1 aromatic heterocycles. The highest BCUT2D eigenvalue weighted by Crippen LogP contribution is 2.27. The number of hydrogen-bond acceptors (Lipinski definition) is 3. The maximum atomic E-state index is 13.9. The molecule has 0 unspecified atom stereocenters. The Hall–Kier alpha value is -1.21. The second kappa shape index (κ2) is 7.17. The summed E-state index contributed by atoms with van der Waals surface area (Å²) in [4.78, 5) is 18.4. The fraction of sp³-hybridized carbons (Fsp3) is 0.286. The number of thioether (sulfide) groups is 1. The summed E-state index contributed by atoms with van der Waals surface area (Å²) in [6.07, 6.45) is 1.56. The van der Waals surface area contributed by atoms with Crippen LogP contribution in [0.4, 0.5) is 8.78 Å². The Bertz CT molecular complexity index is 706. The third-order valence-electron chi connectivity index (χ3n) is 2.77. The minimum atomic E-state index is -0.630. The quantitative estimate of drug-likeness (QED) is 0.487. The maximum absolute atomic E-state index is 13.9. The maximum Gasteiger partial charge on any atom is 0.251 e. The Morgan fingerprint density at radius 3 is 2.86 bits per heavy atom. The minimum absolute atomic E-state index is 0.0436. The van der Waals surface area contributed by atoms with E-state index in [1.165, 1.54) is 18.2 Å². The van der Waals surface area contributed by atoms with E-state index in [0.717, 1.165) is 18.2 Å². The first-order chi connectivity index (χ1) is 10.0. The Labute approximate surface area is 133 Å². The van der Waals surface area contributed by atoms with E-state index in [2.05, 4.69) is 25.9 Å². The van der Waals surface area contributed by atoms with E-state index >= 15 is 0 Å². The van der Waals surface area contributed by atoms with Crippen molar-refractivity contribution in [2.75, 3.05) is 0 Å². The van der Waals surface area contributed by atoms with Crippen molar-refractivity contribution in [3.63, 3.8) is 0 Å². The summed E-state index contributed by atoms with van der Waals surface area (Å²) in [6, 6.07) is 3.96. The average molecular weight is 375 g/mol. The minimum Gasteiger partial charge on any atom is -0.301 e. The molecule has 1 heterocycles. The topological polar surface area (TPSA) is 45.8 Å². The molecule has 2 aromatic rings. The van der Waals surface area contributed by atoms with Crippen molar-refractivity contribution in [1.82, 2.24) is 9.97 Å². The van der Waals surface area contributed by atoms with Gasteiger partial charge in [-0.3, -0.25) is 4.79 Å². The number of aromatic nitrogens is 2. The van der Waals surface area contributed by atoms with Crippen molar-refractivity contribution < 1.29 is 8.78 Å². The van der Waals surface area contributed by atoms with Gasteiger partial charge in [0.1, 0.15) is 11.6 Å². The average Bonchev–Trinajstić information content (AvgIpc) is 2.43. The molecule has 0 saturated heterocycles. The van der Waals surface area contributed by atoms with Gasteiger partial charge in [0.2, 0.25) is 0 Å². The fourth-order valence-electron chi connectivity index (χ4n) is 1.78. The molecule has 112 valence electrons. The molecule has 3 nitrogen and oxygen atoms in total. The third-order valence-corrected chi connectivity index (χ3v) is 4.28. The first-order valence-corrected chi connectivity index (χ1v) is 8.14. The van der Waals surface area contributed by atoms with Crippen LogP contribution in [-0.4, -0.2) is 9.97 Å². The van der Waals surface area contributed by atoms with Gasteiger partial charge in [0.15, 0.2) is 5.16 Å². The number of hydrogen-bond donors (Lipinski definition) is 1. The lowest BCUT2D eigenvalue weighted by atomic mass is 10.2. The Morgan fingerprint density at radius 2 is 2.14 bits per heavy atom. The molecule has 2 rings (SSSR count). The van der Waals surface area contributed by atoms with Crippen molar-refractivity contribution in [1.29, 1.82) is 0 Å². The Balaban J connectivity index is 2.21. The molecule has 0 saturated carbocycles. The zero-order chi connectivity index (χ0) is 15.4. The molecule has 0 spiro atoms. The molecule has 0 fully saturated rings. The van der Waals surface area contributed by atoms with Gasteiger partial charge in [-0.1, -0.05) is 25.1 Å². The predicted molar refractivity (Wildman–Crippen MR) is 82.5 cm³/mol. The number of benzene rings is 1. The molecule has 1 aromatic carbocycles. The van der Waals surface area contributed by atoms with Crippen LogP contribution in [0, 0.1) is 11.6 Å². The summed E-state index contributed by atoms with van der Waals surface area (Å²) in [7, 11) is 0. The SMILES string of the molecule is CCCc1cc(=O)[nH]c(SCc2c(F)ccc(Br)c2F)n1. The van der Waals surface area contributed by atoms with Crippen LogP contribution in [-0.2, 0) is 12.2 Å². The lowest BCUT2D eigenvalue weighted by molar-refractivity contribution is 0.562. The van der Waals surface area contributed by atoms with E-state index < -0.39 is 11.6 Å². The molecule has 0 bridgehead atoms. The highest BCUT2D eigenvalue weighted by molar-refractivity contribution is 9.10. The Kier molecular flexibility index (Phi) is 5.52. The highest BCUT2D eigenvalue weighted by Gasteiger charge is 2.13. The lowest BCUT2D eigenvalue weighted by Gasteiger charge is -2.07. The van der Waals surface area contributed by atoms with Crippen LogP contribution < -0.4 is 5.56 Å². The number of halogens is 3. The first-order valence-electron chi connectivity index (χ1n) is 6.36. The number of nitrogens with zero attached hydrogens (tertiary/aromatic N) is 1. The van der Waals surface area contributed by atoms with E-state index in [1.807, 2.05) is 6.92 Å². The van der Waals surface area contributed by atoms with Gasteiger partial charge >= 0.3 is 0 Å². The number of aryl methyl sites for hydroxylation is 1. The number of nitrogens with one attached hydrogen (secondary N) is 1. The molecule has 0 aliphatic rings. The second-order valence-corrected chi connectivity index (χ2v) is 6.22. The van der Waals surface area contributed by atoms with Crippen LogP contribution in [0.5, 0.6) is 0 Å². The smallest absolute Gasteiger partial charge is 0.251 e. The molecular formula is C14H13BrF2N2OS. The van der Waals surface area contributed by atoms with E-state index in [9.17, 15) is 13.6 Å². The van der Waals surface area contributed by atoms with Gasteiger partial charge in [0.05, 0.1) is 4.47 Å². The first kappa shape index (κ1) is 16.2. The van der Waals surface area contributed by atoms with Gasteiger partial charge in [-0.2, -0.15) is 0 Å². The lowest BCUT2D eigenvalue weighted by Crippen LogP contribution is -2.10. The fourth-order valence-corrected chi connectivity index (χ4v) is 3.05. The highest BCUT2D eigenvalue weighted by atomic mass is 79.9. The summed E-state index contributed by atoms with van der Waals surface area (Å²) in [6.45, 7) is 1.99. The molecule has 7 heteroatoms. The van der Waals surface area contributed by atoms with Crippen LogP contribution in [0.25, 0.3) is 0 Å². The number of rotatable bonds is 5. The van der Waals surface area contributed by atoms with Crippen LogP contribution in [0.1, 0.15) is 24.6 Å². The second-order valence-electron chi connectivity index (χ2n) is 4.40. The van der Waals surface area contributed by atoms with E-state index in [-0.39, 0.29) is 21.3 Å². The van der Waals surface area contributed by atoms with Crippen molar-refractivity contribution >= 4 is 27.7 Å². The predicted octanol–water partition coefficient (Wildman–Crippen LogP) is 4.06. The monoisotopic (exact) mass is 374 g/mol. The van der Waals surface area contributed by atoms with E-state index in [1.54, 1.807) is 0 Å². The van der Waals surface area contributed by atoms with Crippen molar-refractivity contribution in [2.45, 2.75) is 30.7 Å². The summed E-state index contributed by atoms with van der Waals surface area (Å²) in [5, 5.41) is 0.365. The molecule has 0 amide bonds. The van der Waals surface area contributed by atoms with Crippen LogP contribution in [0.3, 0.4) is 0 Å². The molecule has 0 aliphatic heterocycles. The standard InChI is InChI=1S/C14H13BrF2N2OS/c1-2-3-8-6-12(20)19-14(18-8)21-7-9-11(16)5-4-10(15)13(9)17/h4-6H,2-3,7H2,1H3,(H,18,19,20). The van der Waals surface area contributed by atoms with Gasteiger partial charge in [0.25, 0.3) is 5.56 Å². The van der Waals surface area contributed by atoms with Gasteiger partial charge in [-0.05, 0) is 34.5 Å². The molecule has 1 N–H and O–H groups in total. The van der Waals surface area contributed by atoms with E-state index in [4.69, 9.17) is 0 Å². The van der Waals surface area contributed by atoms with Crippen molar-refractivity contribution in [3.05, 3.63) is 55.9 Å².